The average molecular weight is 357 g/mol. The first-order chi connectivity index (χ1) is 12.1. The van der Waals surface area contributed by atoms with Crippen LogP contribution < -0.4 is 15.0 Å². The lowest BCUT2D eigenvalue weighted by atomic mass is 9.90. The highest BCUT2D eigenvalue weighted by Gasteiger charge is 2.28. The molecule has 2 aromatic carbocycles. The van der Waals surface area contributed by atoms with Gasteiger partial charge in [-0.25, -0.2) is 4.79 Å². The molecule has 0 spiro atoms. The van der Waals surface area contributed by atoms with E-state index in [0.29, 0.717) is 23.0 Å². The number of anilines is 2. The van der Waals surface area contributed by atoms with E-state index in [4.69, 9.17) is 16.3 Å². The number of halogens is 1. The monoisotopic (exact) mass is 356 g/mol. The summed E-state index contributed by atoms with van der Waals surface area (Å²) in [5.74, 6) is 0.688. The fourth-order valence-electron chi connectivity index (χ4n) is 3.68. The number of urea groups is 1. The Morgan fingerprint density at radius 2 is 2.08 bits per heavy atom. The lowest BCUT2D eigenvalue weighted by molar-refractivity contribution is 0.208. The number of carbonyl (C=O) groups is 1. The Morgan fingerprint density at radius 1 is 1.24 bits per heavy atom. The van der Waals surface area contributed by atoms with Crippen LogP contribution in [0.3, 0.4) is 0 Å². The van der Waals surface area contributed by atoms with Gasteiger partial charge in [-0.2, -0.15) is 0 Å². The third-order valence-corrected chi connectivity index (χ3v) is 5.10. The molecule has 1 aliphatic carbocycles. The maximum absolute atomic E-state index is 13.0. The van der Waals surface area contributed by atoms with Crippen LogP contribution in [0.1, 0.15) is 30.9 Å². The predicted octanol–water partition coefficient (Wildman–Crippen LogP) is 5.04. The van der Waals surface area contributed by atoms with Crippen molar-refractivity contribution < 1.29 is 9.53 Å². The van der Waals surface area contributed by atoms with Gasteiger partial charge >= 0.3 is 6.03 Å². The molecule has 2 amide bonds. The van der Waals surface area contributed by atoms with Crippen LogP contribution in [0.25, 0.3) is 0 Å². The minimum atomic E-state index is -0.141. The van der Waals surface area contributed by atoms with Gasteiger partial charge in [0.2, 0.25) is 0 Å². The van der Waals surface area contributed by atoms with Crippen LogP contribution in [0.2, 0.25) is 5.02 Å². The Balaban J connectivity index is 1.63. The van der Waals surface area contributed by atoms with Gasteiger partial charge in [-0.1, -0.05) is 23.7 Å². The summed E-state index contributed by atoms with van der Waals surface area (Å²) in [6.45, 7) is 2.45. The zero-order valence-electron chi connectivity index (χ0n) is 14.2. The highest BCUT2D eigenvalue weighted by Crippen LogP contribution is 2.36. The van der Waals surface area contributed by atoms with Gasteiger partial charge in [0.05, 0.1) is 12.2 Å². The topological polar surface area (TPSA) is 41.6 Å². The Kier molecular flexibility index (Phi) is 4.30. The standard InChI is InChI=1S/C20H21ClN2O2/c1-13-12-23(18-11-15(21)9-10-19(18)25-13)20(24)22-17-8-4-6-14-5-2-3-7-16(14)17/h4,6,8-11,13H,2-3,5,7,12H2,1H3,(H,22,24)/t13-/m1/s1. The largest absolute Gasteiger partial charge is 0.487 e. The van der Waals surface area contributed by atoms with E-state index in [2.05, 4.69) is 11.4 Å². The van der Waals surface area contributed by atoms with Crippen molar-refractivity contribution in [2.45, 2.75) is 38.7 Å². The summed E-state index contributed by atoms with van der Waals surface area (Å²) in [5, 5.41) is 3.70. The fourth-order valence-corrected chi connectivity index (χ4v) is 3.85. The summed E-state index contributed by atoms with van der Waals surface area (Å²) in [6.07, 6.45) is 4.44. The average Bonchev–Trinajstić information content (AvgIpc) is 2.61. The molecule has 0 aromatic heterocycles. The lowest BCUT2D eigenvalue weighted by Gasteiger charge is -2.34. The minimum absolute atomic E-state index is 0.0656. The first-order valence-corrected chi connectivity index (χ1v) is 9.15. The van der Waals surface area contributed by atoms with Crippen molar-refractivity contribution in [2.75, 3.05) is 16.8 Å². The van der Waals surface area contributed by atoms with E-state index in [1.54, 1.807) is 17.0 Å². The van der Waals surface area contributed by atoms with E-state index >= 15 is 0 Å². The highest BCUT2D eigenvalue weighted by atomic mass is 35.5. The molecule has 1 heterocycles. The first-order valence-electron chi connectivity index (χ1n) is 8.77. The quantitative estimate of drug-likeness (QED) is 0.777. The normalized spacial score (nSPS) is 18.8. The fraction of sp³-hybridized carbons (Fsp3) is 0.350. The van der Waals surface area contributed by atoms with Crippen LogP contribution in [0.4, 0.5) is 16.2 Å². The SMILES string of the molecule is C[C@@H]1CN(C(=O)Nc2cccc3c2CCCC3)c2cc(Cl)ccc2O1. The van der Waals surface area contributed by atoms with Crippen LogP contribution in [0, 0.1) is 0 Å². The molecule has 1 aliphatic heterocycles. The molecule has 5 heteroatoms. The van der Waals surface area contributed by atoms with Crippen molar-refractivity contribution in [3.8, 4) is 5.75 Å². The summed E-state index contributed by atoms with van der Waals surface area (Å²) in [6, 6.07) is 11.4. The zero-order chi connectivity index (χ0) is 17.4. The number of hydrogen-bond acceptors (Lipinski definition) is 2. The molecule has 130 valence electrons. The molecule has 0 bridgehead atoms. The van der Waals surface area contributed by atoms with Crippen LogP contribution in [0.5, 0.6) is 5.75 Å². The van der Waals surface area contributed by atoms with Gasteiger partial charge < -0.3 is 10.1 Å². The van der Waals surface area contributed by atoms with Crippen LogP contribution in [0.15, 0.2) is 36.4 Å². The van der Waals surface area contributed by atoms with Crippen molar-refractivity contribution >= 4 is 29.0 Å². The highest BCUT2D eigenvalue weighted by molar-refractivity contribution is 6.31. The Labute approximate surface area is 152 Å². The molecule has 4 nitrogen and oxygen atoms in total. The molecular formula is C20H21ClN2O2. The number of hydrogen-bond donors (Lipinski definition) is 1. The van der Waals surface area contributed by atoms with E-state index < -0.39 is 0 Å². The number of amides is 2. The van der Waals surface area contributed by atoms with Gasteiger partial charge in [0.25, 0.3) is 0 Å². The summed E-state index contributed by atoms with van der Waals surface area (Å²) in [7, 11) is 0. The maximum atomic E-state index is 13.0. The van der Waals surface area contributed by atoms with Crippen molar-refractivity contribution in [1.82, 2.24) is 0 Å². The molecule has 4 rings (SSSR count). The molecule has 1 N–H and O–H groups in total. The Morgan fingerprint density at radius 3 is 2.96 bits per heavy atom. The molecule has 0 unspecified atom stereocenters. The second-order valence-corrected chi connectivity index (χ2v) is 7.17. The molecule has 0 saturated heterocycles. The van der Waals surface area contributed by atoms with Gasteiger partial charge in [-0.15, -0.1) is 0 Å². The molecular weight excluding hydrogens is 336 g/mol. The third kappa shape index (κ3) is 3.19. The number of nitrogens with zero attached hydrogens (tertiary/aromatic N) is 1. The molecule has 0 fully saturated rings. The van der Waals surface area contributed by atoms with Gasteiger partial charge in [0, 0.05) is 10.7 Å². The lowest BCUT2D eigenvalue weighted by Crippen LogP contribution is -2.44. The van der Waals surface area contributed by atoms with Gasteiger partial charge in [0.1, 0.15) is 11.9 Å². The number of aryl methyl sites for hydroxylation is 1. The molecule has 2 aromatic rings. The first kappa shape index (κ1) is 16.3. The summed E-state index contributed by atoms with van der Waals surface area (Å²) in [5.41, 5.74) is 4.26. The molecule has 0 radical (unpaired) electrons. The smallest absolute Gasteiger partial charge is 0.326 e. The number of carbonyl (C=O) groups excluding carboxylic acids is 1. The number of nitrogens with one attached hydrogen (secondary N) is 1. The summed E-state index contributed by atoms with van der Waals surface area (Å²) in [4.78, 5) is 14.7. The third-order valence-electron chi connectivity index (χ3n) is 4.86. The van der Waals surface area contributed by atoms with Gasteiger partial charge in [-0.3, -0.25) is 4.90 Å². The van der Waals surface area contributed by atoms with Crippen molar-refractivity contribution in [2.24, 2.45) is 0 Å². The molecule has 25 heavy (non-hydrogen) atoms. The summed E-state index contributed by atoms with van der Waals surface area (Å²) >= 11 is 6.12. The van der Waals surface area contributed by atoms with E-state index in [9.17, 15) is 4.79 Å². The van der Waals surface area contributed by atoms with E-state index in [1.807, 2.05) is 25.1 Å². The zero-order valence-corrected chi connectivity index (χ0v) is 15.0. The van der Waals surface area contributed by atoms with Crippen LogP contribution >= 0.6 is 11.6 Å². The number of benzene rings is 2. The number of fused-ring (bicyclic) bond motifs is 2. The second kappa shape index (κ2) is 6.60. The van der Waals surface area contributed by atoms with Crippen molar-refractivity contribution in [3.05, 3.63) is 52.5 Å². The number of ether oxygens (including phenoxy) is 1. The predicted molar refractivity (Wildman–Crippen MR) is 101 cm³/mol. The minimum Gasteiger partial charge on any atom is -0.487 e. The maximum Gasteiger partial charge on any atom is 0.326 e. The van der Waals surface area contributed by atoms with Crippen LogP contribution in [-0.4, -0.2) is 18.7 Å². The summed E-state index contributed by atoms with van der Waals surface area (Å²) < 4.78 is 5.83. The number of rotatable bonds is 1. The Bertz CT molecular complexity index is 821. The molecule has 2 aliphatic rings. The molecule has 0 saturated carbocycles. The van der Waals surface area contributed by atoms with Crippen molar-refractivity contribution in [1.29, 1.82) is 0 Å². The van der Waals surface area contributed by atoms with Gasteiger partial charge in [0.15, 0.2) is 0 Å². The van der Waals surface area contributed by atoms with E-state index in [0.717, 1.165) is 18.5 Å². The Hall–Kier alpha value is -2.20. The van der Waals surface area contributed by atoms with E-state index in [-0.39, 0.29) is 12.1 Å². The van der Waals surface area contributed by atoms with Crippen LogP contribution in [-0.2, 0) is 12.8 Å². The van der Waals surface area contributed by atoms with Crippen molar-refractivity contribution in [3.63, 3.8) is 0 Å². The van der Waals surface area contributed by atoms with E-state index in [1.165, 1.54) is 24.0 Å². The second-order valence-electron chi connectivity index (χ2n) is 6.73. The molecule has 1 atom stereocenters. The van der Waals surface area contributed by atoms with Gasteiger partial charge in [-0.05, 0) is 68.0 Å².